The Hall–Kier alpha value is 0.274. The van der Waals surface area contributed by atoms with Gasteiger partial charge < -0.3 is 17.7 Å². The first-order chi connectivity index (χ1) is 9.94. The van der Waals surface area contributed by atoms with Crippen molar-refractivity contribution in [3.63, 3.8) is 0 Å². The molecule has 0 aromatic carbocycles. The third kappa shape index (κ3) is 6.50. The van der Waals surface area contributed by atoms with Crippen LogP contribution in [-0.2, 0) is 17.7 Å². The smallest absolute Gasteiger partial charge is 0.339 e. The van der Waals surface area contributed by atoms with Gasteiger partial charge in [-0.15, -0.1) is 0 Å². The van der Waals surface area contributed by atoms with E-state index in [4.69, 9.17) is 17.7 Å². The number of rotatable bonds is 13. The molecular weight excluding hydrogens is 300 g/mol. The van der Waals surface area contributed by atoms with E-state index < -0.39 is 17.1 Å². The van der Waals surface area contributed by atoms with Gasteiger partial charge in [0.2, 0.25) is 0 Å². The van der Waals surface area contributed by atoms with Crippen molar-refractivity contribution in [3.8, 4) is 0 Å². The summed E-state index contributed by atoms with van der Waals surface area (Å²) in [6, 6.07) is 0. The van der Waals surface area contributed by atoms with E-state index in [-0.39, 0.29) is 5.16 Å². The van der Waals surface area contributed by atoms with Crippen LogP contribution in [0.15, 0.2) is 0 Å². The fraction of sp³-hybridized carbons (Fsp3) is 1.00. The molecule has 4 nitrogen and oxygen atoms in total. The highest BCUT2D eigenvalue weighted by Crippen LogP contribution is 2.38. The van der Waals surface area contributed by atoms with Crippen molar-refractivity contribution < 1.29 is 17.7 Å². The SMILES string of the molecule is CCCCCCCCC([Si](C)(OC)OC)[Si](C)(OC)OC. The van der Waals surface area contributed by atoms with Crippen LogP contribution in [0, 0.1) is 0 Å². The van der Waals surface area contributed by atoms with Crippen LogP contribution < -0.4 is 0 Å². The monoisotopic (exact) mass is 336 g/mol. The van der Waals surface area contributed by atoms with Crippen LogP contribution in [-0.4, -0.2) is 45.6 Å². The van der Waals surface area contributed by atoms with Crippen molar-refractivity contribution in [1.29, 1.82) is 0 Å². The summed E-state index contributed by atoms with van der Waals surface area (Å²) in [6.07, 6.45) is 8.82. The normalized spacial score (nSPS) is 13.1. The Morgan fingerprint density at radius 3 is 1.43 bits per heavy atom. The van der Waals surface area contributed by atoms with Crippen molar-refractivity contribution in [3.05, 3.63) is 0 Å². The predicted molar refractivity (Wildman–Crippen MR) is 93.0 cm³/mol. The lowest BCUT2D eigenvalue weighted by molar-refractivity contribution is 0.206. The fourth-order valence-electron chi connectivity index (χ4n) is 2.87. The molecule has 0 aromatic heterocycles. The van der Waals surface area contributed by atoms with Crippen LogP contribution in [0.25, 0.3) is 0 Å². The van der Waals surface area contributed by atoms with Crippen LogP contribution in [0.5, 0.6) is 0 Å². The van der Waals surface area contributed by atoms with E-state index in [1.807, 2.05) is 0 Å². The Morgan fingerprint density at radius 2 is 1.05 bits per heavy atom. The zero-order chi connectivity index (χ0) is 16.4. The van der Waals surface area contributed by atoms with Crippen LogP contribution in [0.3, 0.4) is 0 Å². The molecule has 0 radical (unpaired) electrons. The van der Waals surface area contributed by atoms with Crippen LogP contribution >= 0.6 is 0 Å². The lowest BCUT2D eigenvalue weighted by Gasteiger charge is -2.40. The Kier molecular flexibility index (Phi) is 11.1. The summed E-state index contributed by atoms with van der Waals surface area (Å²) >= 11 is 0. The molecule has 0 heterocycles. The standard InChI is InChI=1S/C15H36O4Si2/c1-8-9-10-11-12-13-14-15(20(6,16-2)17-3)21(7,18-4)19-5/h15H,8-14H2,1-7H3. The third-order valence-electron chi connectivity index (χ3n) is 4.73. The van der Waals surface area contributed by atoms with E-state index in [9.17, 15) is 0 Å². The lowest BCUT2D eigenvalue weighted by Crippen LogP contribution is -2.56. The van der Waals surface area contributed by atoms with Gasteiger partial charge in [0.15, 0.2) is 0 Å². The fourth-order valence-corrected chi connectivity index (χ4v) is 11.0. The Labute approximate surface area is 134 Å². The molecule has 0 bridgehead atoms. The highest BCUT2D eigenvalue weighted by Gasteiger charge is 2.53. The summed E-state index contributed by atoms with van der Waals surface area (Å²) in [4.78, 5) is 0. The van der Waals surface area contributed by atoms with Crippen molar-refractivity contribution in [2.24, 2.45) is 0 Å². The summed E-state index contributed by atoms with van der Waals surface area (Å²) in [7, 11) is 2.48. The van der Waals surface area contributed by atoms with Crippen LogP contribution in [0.4, 0.5) is 0 Å². The molecule has 0 saturated heterocycles. The molecule has 128 valence electrons. The Morgan fingerprint density at radius 1 is 0.667 bits per heavy atom. The van der Waals surface area contributed by atoms with E-state index in [2.05, 4.69) is 20.0 Å². The van der Waals surface area contributed by atoms with Gasteiger partial charge >= 0.3 is 17.1 Å². The minimum absolute atomic E-state index is 0.279. The molecular formula is C15H36O4Si2. The molecule has 0 amide bonds. The first kappa shape index (κ1) is 21.3. The molecule has 0 aromatic rings. The summed E-state index contributed by atoms with van der Waals surface area (Å²) in [5.74, 6) is 0. The van der Waals surface area contributed by atoms with Gasteiger partial charge in [0.05, 0.1) is 0 Å². The van der Waals surface area contributed by atoms with Gasteiger partial charge in [-0.3, -0.25) is 0 Å². The largest absolute Gasteiger partial charge is 0.398 e. The van der Waals surface area contributed by atoms with Crippen LogP contribution in [0.2, 0.25) is 18.3 Å². The first-order valence-electron chi connectivity index (χ1n) is 8.14. The summed E-state index contributed by atoms with van der Waals surface area (Å²) in [5.41, 5.74) is 0. The third-order valence-corrected chi connectivity index (χ3v) is 14.2. The predicted octanol–water partition coefficient (Wildman–Crippen LogP) is 4.38. The average molecular weight is 337 g/mol. The molecule has 0 aliphatic rings. The van der Waals surface area contributed by atoms with Gasteiger partial charge in [0.1, 0.15) is 0 Å². The second-order valence-corrected chi connectivity index (χ2v) is 13.6. The molecule has 0 N–H and O–H groups in total. The van der Waals surface area contributed by atoms with Gasteiger partial charge in [0, 0.05) is 33.6 Å². The molecule has 0 rings (SSSR count). The Bertz CT molecular complexity index is 238. The first-order valence-corrected chi connectivity index (χ1v) is 12.9. The minimum atomic E-state index is -2.27. The number of hydrogen-bond donors (Lipinski definition) is 0. The number of unbranched alkanes of at least 4 members (excludes halogenated alkanes) is 5. The maximum atomic E-state index is 5.79. The second kappa shape index (κ2) is 10.9. The molecule has 0 aliphatic heterocycles. The maximum absolute atomic E-state index is 5.79. The van der Waals surface area contributed by atoms with Crippen molar-refractivity contribution in [2.75, 3.05) is 28.4 Å². The van der Waals surface area contributed by atoms with Gasteiger partial charge in [-0.1, -0.05) is 45.4 Å². The minimum Gasteiger partial charge on any atom is -0.398 e. The lowest BCUT2D eigenvalue weighted by atomic mass is 10.1. The number of hydrogen-bond acceptors (Lipinski definition) is 4. The van der Waals surface area contributed by atoms with Crippen LogP contribution in [0.1, 0.15) is 51.9 Å². The molecule has 0 saturated carbocycles. The van der Waals surface area contributed by atoms with Gasteiger partial charge in [0.25, 0.3) is 0 Å². The molecule has 0 spiro atoms. The van der Waals surface area contributed by atoms with Crippen molar-refractivity contribution in [1.82, 2.24) is 0 Å². The molecule has 0 fully saturated rings. The highest BCUT2D eigenvalue weighted by atomic mass is 28.4. The van der Waals surface area contributed by atoms with Gasteiger partial charge in [-0.05, 0) is 19.5 Å². The quantitative estimate of drug-likeness (QED) is 0.369. The Balaban J connectivity index is 4.68. The maximum Gasteiger partial charge on any atom is 0.339 e. The summed E-state index contributed by atoms with van der Waals surface area (Å²) < 4.78 is 23.1. The average Bonchev–Trinajstić information content (AvgIpc) is 2.52. The molecule has 21 heavy (non-hydrogen) atoms. The summed E-state index contributed by atoms with van der Waals surface area (Å²) in [6.45, 7) is 6.49. The van der Waals surface area contributed by atoms with Crippen molar-refractivity contribution in [2.45, 2.75) is 70.1 Å². The van der Waals surface area contributed by atoms with E-state index in [0.29, 0.717) is 0 Å². The van der Waals surface area contributed by atoms with E-state index >= 15 is 0 Å². The van der Waals surface area contributed by atoms with E-state index in [0.717, 1.165) is 6.42 Å². The molecule has 0 atom stereocenters. The molecule has 0 aliphatic carbocycles. The van der Waals surface area contributed by atoms with E-state index in [1.54, 1.807) is 28.4 Å². The van der Waals surface area contributed by atoms with Gasteiger partial charge in [-0.2, -0.15) is 0 Å². The molecule has 0 unspecified atom stereocenters. The second-order valence-electron chi connectivity index (χ2n) is 5.96. The highest BCUT2D eigenvalue weighted by molar-refractivity contribution is 6.87. The van der Waals surface area contributed by atoms with Crippen molar-refractivity contribution >= 4 is 17.1 Å². The zero-order valence-electron chi connectivity index (χ0n) is 15.2. The topological polar surface area (TPSA) is 36.9 Å². The van der Waals surface area contributed by atoms with Gasteiger partial charge in [-0.25, -0.2) is 0 Å². The van der Waals surface area contributed by atoms with E-state index in [1.165, 1.54) is 38.5 Å². The zero-order valence-corrected chi connectivity index (χ0v) is 17.2. The summed E-state index contributed by atoms with van der Waals surface area (Å²) in [5, 5.41) is 0.279. The molecule has 6 heteroatoms.